The van der Waals surface area contributed by atoms with Gasteiger partial charge in [-0.15, -0.1) is 0 Å². The number of nitrogens with one attached hydrogen (secondary N) is 1. The van der Waals surface area contributed by atoms with Crippen molar-refractivity contribution in [2.75, 3.05) is 10.5 Å². The van der Waals surface area contributed by atoms with Gasteiger partial charge < -0.3 is 5.73 Å². The van der Waals surface area contributed by atoms with Gasteiger partial charge in [-0.2, -0.15) is 5.26 Å². The Bertz CT molecular complexity index is 782. The molecular formula is C12H9FN4O2S. The molecule has 1 aromatic heterocycles. The molecule has 0 radical (unpaired) electrons. The molecule has 0 bridgehead atoms. The number of nitriles is 1. The number of nitrogens with zero attached hydrogens (tertiary/aromatic N) is 2. The maximum Gasteiger partial charge on any atom is 0.263 e. The summed E-state index contributed by atoms with van der Waals surface area (Å²) in [5.74, 6) is -0.719. The number of nitrogens with two attached hydrogens (primary N) is 1. The van der Waals surface area contributed by atoms with Gasteiger partial charge in [0.2, 0.25) is 0 Å². The van der Waals surface area contributed by atoms with Crippen molar-refractivity contribution in [3.8, 4) is 6.07 Å². The average molecular weight is 292 g/mol. The molecule has 20 heavy (non-hydrogen) atoms. The summed E-state index contributed by atoms with van der Waals surface area (Å²) in [5, 5.41) is 8.59. The molecule has 0 amide bonds. The minimum Gasteiger partial charge on any atom is -0.396 e. The number of rotatable bonds is 3. The number of nitrogen functional groups attached to an aromatic ring is 1. The van der Waals surface area contributed by atoms with E-state index in [1.807, 2.05) is 0 Å². The SMILES string of the molecule is N#Cc1ccc(S(=O)(=O)Nc2ccc(N)c(F)c2)cn1. The molecule has 0 aliphatic rings. The Balaban J connectivity index is 2.30. The van der Waals surface area contributed by atoms with Crippen LogP contribution in [0.2, 0.25) is 0 Å². The summed E-state index contributed by atoms with van der Waals surface area (Å²) in [6, 6.07) is 7.86. The maximum atomic E-state index is 13.2. The fraction of sp³-hybridized carbons (Fsp3) is 0. The molecule has 3 N–H and O–H groups in total. The lowest BCUT2D eigenvalue weighted by Crippen LogP contribution is -2.13. The summed E-state index contributed by atoms with van der Waals surface area (Å²) in [6.07, 6.45) is 1.05. The Morgan fingerprint density at radius 1 is 1.30 bits per heavy atom. The number of hydrogen-bond acceptors (Lipinski definition) is 5. The predicted octanol–water partition coefficient (Wildman–Crippen LogP) is 1.48. The Labute approximate surface area is 114 Å². The molecule has 2 rings (SSSR count). The van der Waals surface area contributed by atoms with Crippen molar-refractivity contribution >= 4 is 21.4 Å². The lowest BCUT2D eigenvalue weighted by molar-refractivity contribution is 0.600. The van der Waals surface area contributed by atoms with E-state index in [0.29, 0.717) is 0 Å². The van der Waals surface area contributed by atoms with Crippen LogP contribution in [0.4, 0.5) is 15.8 Å². The van der Waals surface area contributed by atoms with E-state index in [0.717, 1.165) is 12.3 Å². The van der Waals surface area contributed by atoms with E-state index in [1.165, 1.54) is 24.3 Å². The topological polar surface area (TPSA) is 109 Å². The van der Waals surface area contributed by atoms with Crippen molar-refractivity contribution in [3.63, 3.8) is 0 Å². The standard InChI is InChI=1S/C12H9FN4O2S/c13-11-5-8(2-4-12(11)15)17-20(18,19)10-3-1-9(6-14)16-7-10/h1-5,7,17H,15H2. The van der Waals surface area contributed by atoms with Crippen LogP contribution >= 0.6 is 0 Å². The Kier molecular flexibility index (Phi) is 3.54. The highest BCUT2D eigenvalue weighted by Gasteiger charge is 2.15. The summed E-state index contributed by atoms with van der Waals surface area (Å²) in [7, 11) is -3.90. The molecule has 2 aromatic rings. The van der Waals surface area contributed by atoms with Crippen LogP contribution in [0.3, 0.4) is 0 Å². The highest BCUT2D eigenvalue weighted by atomic mass is 32.2. The fourth-order valence-electron chi connectivity index (χ4n) is 1.41. The summed E-state index contributed by atoms with van der Waals surface area (Å²) in [4.78, 5) is 3.53. The zero-order valence-corrected chi connectivity index (χ0v) is 10.9. The molecule has 0 saturated carbocycles. The minimum atomic E-state index is -3.90. The van der Waals surface area contributed by atoms with Crippen LogP contribution < -0.4 is 10.5 Å². The number of sulfonamides is 1. The zero-order valence-electron chi connectivity index (χ0n) is 10.0. The second kappa shape index (κ2) is 5.14. The lowest BCUT2D eigenvalue weighted by Gasteiger charge is -2.08. The van der Waals surface area contributed by atoms with Gasteiger partial charge in [0.1, 0.15) is 22.5 Å². The van der Waals surface area contributed by atoms with Gasteiger partial charge in [-0.05, 0) is 24.3 Å². The van der Waals surface area contributed by atoms with Crippen LogP contribution in [0.5, 0.6) is 0 Å². The molecule has 1 heterocycles. The van der Waals surface area contributed by atoms with Gasteiger partial charge in [-0.25, -0.2) is 17.8 Å². The van der Waals surface area contributed by atoms with E-state index in [-0.39, 0.29) is 22.0 Å². The highest BCUT2D eigenvalue weighted by molar-refractivity contribution is 7.92. The molecule has 8 heteroatoms. The van der Waals surface area contributed by atoms with Gasteiger partial charge >= 0.3 is 0 Å². The van der Waals surface area contributed by atoms with Gasteiger partial charge in [0, 0.05) is 12.3 Å². The van der Waals surface area contributed by atoms with E-state index >= 15 is 0 Å². The number of benzene rings is 1. The first-order valence-corrected chi connectivity index (χ1v) is 6.85. The highest BCUT2D eigenvalue weighted by Crippen LogP contribution is 2.19. The first kappa shape index (κ1) is 13.8. The van der Waals surface area contributed by atoms with Crippen LogP contribution in [-0.2, 0) is 10.0 Å². The van der Waals surface area contributed by atoms with Gasteiger partial charge in [0.25, 0.3) is 10.0 Å². The third-order valence-corrected chi connectivity index (χ3v) is 3.78. The Morgan fingerprint density at radius 2 is 2.05 bits per heavy atom. The van der Waals surface area contributed by atoms with Crippen molar-refractivity contribution in [1.82, 2.24) is 4.98 Å². The molecule has 0 fully saturated rings. The predicted molar refractivity (Wildman–Crippen MR) is 70.6 cm³/mol. The number of halogens is 1. The number of hydrogen-bond donors (Lipinski definition) is 2. The maximum absolute atomic E-state index is 13.2. The van der Waals surface area contributed by atoms with Gasteiger partial charge in [0.15, 0.2) is 0 Å². The second-order valence-corrected chi connectivity index (χ2v) is 5.52. The summed E-state index contributed by atoms with van der Waals surface area (Å²) in [6.45, 7) is 0. The minimum absolute atomic E-state index is 0.0426. The van der Waals surface area contributed by atoms with E-state index in [4.69, 9.17) is 11.0 Å². The van der Waals surface area contributed by atoms with Crippen LogP contribution in [0.25, 0.3) is 0 Å². The van der Waals surface area contributed by atoms with Gasteiger partial charge in [-0.3, -0.25) is 4.72 Å². The molecule has 0 aliphatic carbocycles. The first-order valence-electron chi connectivity index (χ1n) is 5.36. The summed E-state index contributed by atoms with van der Waals surface area (Å²) < 4.78 is 39.5. The Hall–Kier alpha value is -2.66. The Morgan fingerprint density at radius 3 is 2.60 bits per heavy atom. The first-order chi connectivity index (χ1) is 9.42. The number of aromatic nitrogens is 1. The van der Waals surface area contributed by atoms with Crippen LogP contribution in [0.15, 0.2) is 41.4 Å². The third-order valence-electron chi connectivity index (χ3n) is 2.41. The van der Waals surface area contributed by atoms with E-state index < -0.39 is 15.8 Å². The third kappa shape index (κ3) is 2.84. The average Bonchev–Trinajstić information content (AvgIpc) is 2.43. The molecular weight excluding hydrogens is 283 g/mol. The molecule has 102 valence electrons. The molecule has 0 aliphatic heterocycles. The monoisotopic (exact) mass is 292 g/mol. The van der Waals surface area contributed by atoms with E-state index in [1.54, 1.807) is 6.07 Å². The molecule has 6 nitrogen and oxygen atoms in total. The molecule has 0 spiro atoms. The van der Waals surface area contributed by atoms with Crippen molar-refractivity contribution in [3.05, 3.63) is 48.0 Å². The van der Waals surface area contributed by atoms with Crippen molar-refractivity contribution in [2.45, 2.75) is 4.90 Å². The van der Waals surface area contributed by atoms with E-state index in [9.17, 15) is 12.8 Å². The van der Waals surface area contributed by atoms with Crippen LogP contribution in [0.1, 0.15) is 5.69 Å². The van der Waals surface area contributed by atoms with Crippen molar-refractivity contribution in [2.24, 2.45) is 0 Å². The summed E-state index contributed by atoms with van der Waals surface area (Å²) >= 11 is 0. The van der Waals surface area contributed by atoms with Crippen LogP contribution in [-0.4, -0.2) is 13.4 Å². The molecule has 1 aromatic carbocycles. The lowest BCUT2D eigenvalue weighted by atomic mass is 10.3. The quantitative estimate of drug-likeness (QED) is 0.833. The second-order valence-electron chi connectivity index (χ2n) is 3.83. The van der Waals surface area contributed by atoms with Crippen molar-refractivity contribution < 1.29 is 12.8 Å². The molecule has 0 saturated heterocycles. The zero-order chi connectivity index (χ0) is 14.8. The number of pyridine rings is 1. The van der Waals surface area contributed by atoms with E-state index in [2.05, 4.69) is 9.71 Å². The van der Waals surface area contributed by atoms with Gasteiger partial charge in [0.05, 0.1) is 11.4 Å². The molecule has 0 unspecified atom stereocenters. The number of anilines is 2. The molecule has 0 atom stereocenters. The smallest absolute Gasteiger partial charge is 0.263 e. The van der Waals surface area contributed by atoms with Crippen LogP contribution in [0, 0.1) is 17.1 Å². The summed E-state index contributed by atoms with van der Waals surface area (Å²) in [5.41, 5.74) is 5.37. The van der Waals surface area contributed by atoms with Gasteiger partial charge in [-0.1, -0.05) is 0 Å². The largest absolute Gasteiger partial charge is 0.396 e. The fourth-order valence-corrected chi connectivity index (χ4v) is 2.40. The normalized spacial score (nSPS) is 10.8. The van der Waals surface area contributed by atoms with Crippen molar-refractivity contribution in [1.29, 1.82) is 5.26 Å².